The highest BCUT2D eigenvalue weighted by atomic mass is 16.5. The molecule has 0 amide bonds. The minimum absolute atomic E-state index is 0.0610. The van der Waals surface area contributed by atoms with Crippen LogP contribution in [0.1, 0.15) is 12.8 Å². The van der Waals surface area contributed by atoms with Crippen LogP contribution in [0.2, 0.25) is 0 Å². The molecule has 1 fully saturated rings. The van der Waals surface area contributed by atoms with Gasteiger partial charge in [-0.3, -0.25) is 4.79 Å². The van der Waals surface area contributed by atoms with Crippen molar-refractivity contribution in [2.75, 3.05) is 12.4 Å². The van der Waals surface area contributed by atoms with Crippen molar-refractivity contribution >= 4 is 11.7 Å². The first-order valence-corrected chi connectivity index (χ1v) is 5.34. The van der Waals surface area contributed by atoms with E-state index in [4.69, 9.17) is 9.84 Å². The van der Waals surface area contributed by atoms with Crippen molar-refractivity contribution in [3.8, 4) is 5.75 Å². The normalized spacial score (nSPS) is 23.3. The number of carboxylic acid groups (broad SMARTS) is 1. The number of nitrogens with one attached hydrogen (secondary N) is 1. The molecule has 2 atom stereocenters. The summed E-state index contributed by atoms with van der Waals surface area (Å²) >= 11 is 0. The molecule has 0 heterocycles. The quantitative estimate of drug-likeness (QED) is 0.816. The number of methoxy groups -OCH3 is 1. The summed E-state index contributed by atoms with van der Waals surface area (Å²) in [6.07, 6.45) is 1.69. The molecule has 0 aliphatic heterocycles. The van der Waals surface area contributed by atoms with Gasteiger partial charge in [0.1, 0.15) is 5.75 Å². The maximum atomic E-state index is 10.8. The van der Waals surface area contributed by atoms with Crippen molar-refractivity contribution < 1.29 is 14.6 Å². The average Bonchev–Trinajstić information content (AvgIpc) is 2.24. The van der Waals surface area contributed by atoms with Gasteiger partial charge in [0, 0.05) is 11.7 Å². The molecule has 0 radical (unpaired) electrons. The van der Waals surface area contributed by atoms with Crippen LogP contribution in [-0.4, -0.2) is 24.2 Å². The number of aliphatic carboxylic acids is 1. The molecule has 86 valence electrons. The van der Waals surface area contributed by atoms with E-state index in [1.165, 1.54) is 0 Å². The summed E-state index contributed by atoms with van der Waals surface area (Å²) in [4.78, 5) is 10.8. The smallest absolute Gasteiger partial charge is 0.308 e. The van der Waals surface area contributed by atoms with Crippen molar-refractivity contribution in [3.05, 3.63) is 24.3 Å². The van der Waals surface area contributed by atoms with E-state index in [-0.39, 0.29) is 12.0 Å². The van der Waals surface area contributed by atoms with Gasteiger partial charge in [-0.15, -0.1) is 0 Å². The lowest BCUT2D eigenvalue weighted by atomic mass is 9.79. The van der Waals surface area contributed by atoms with Gasteiger partial charge in [0.15, 0.2) is 0 Å². The van der Waals surface area contributed by atoms with Gasteiger partial charge in [-0.25, -0.2) is 0 Å². The van der Waals surface area contributed by atoms with Crippen molar-refractivity contribution in [1.82, 2.24) is 0 Å². The topological polar surface area (TPSA) is 58.6 Å². The number of rotatable bonds is 4. The molecule has 1 saturated carbocycles. The van der Waals surface area contributed by atoms with Gasteiger partial charge in [-0.05, 0) is 37.1 Å². The Bertz CT molecular complexity index is 374. The summed E-state index contributed by atoms with van der Waals surface area (Å²) in [7, 11) is 1.62. The molecular formula is C12H15NO3. The lowest BCUT2D eigenvalue weighted by Gasteiger charge is -2.34. The molecule has 1 aliphatic rings. The van der Waals surface area contributed by atoms with Gasteiger partial charge in [-0.1, -0.05) is 0 Å². The number of carboxylic acids is 1. The Kier molecular flexibility index (Phi) is 2.99. The van der Waals surface area contributed by atoms with Crippen LogP contribution in [-0.2, 0) is 4.79 Å². The highest BCUT2D eigenvalue weighted by Gasteiger charge is 2.36. The van der Waals surface area contributed by atoms with Gasteiger partial charge in [0.25, 0.3) is 0 Å². The Morgan fingerprint density at radius 1 is 1.38 bits per heavy atom. The SMILES string of the molecule is COc1ccc(NC2CCC2C(=O)O)cc1. The van der Waals surface area contributed by atoms with Crippen molar-refractivity contribution in [3.63, 3.8) is 0 Å². The van der Waals surface area contributed by atoms with Gasteiger partial charge in [0.2, 0.25) is 0 Å². The largest absolute Gasteiger partial charge is 0.497 e. The minimum atomic E-state index is -0.711. The molecule has 0 bridgehead atoms. The minimum Gasteiger partial charge on any atom is -0.497 e. The summed E-state index contributed by atoms with van der Waals surface area (Å²) in [6, 6.07) is 7.57. The molecule has 0 aromatic heterocycles. The highest BCUT2D eigenvalue weighted by Crippen LogP contribution is 2.31. The second-order valence-electron chi connectivity index (χ2n) is 4.00. The second-order valence-corrected chi connectivity index (χ2v) is 4.00. The van der Waals surface area contributed by atoms with E-state index in [1.54, 1.807) is 7.11 Å². The molecule has 0 spiro atoms. The zero-order valence-corrected chi connectivity index (χ0v) is 9.14. The second kappa shape index (κ2) is 4.43. The zero-order valence-electron chi connectivity index (χ0n) is 9.14. The predicted octanol–water partition coefficient (Wildman–Crippen LogP) is 1.97. The molecule has 2 rings (SSSR count). The van der Waals surface area contributed by atoms with E-state index in [1.807, 2.05) is 24.3 Å². The van der Waals surface area contributed by atoms with E-state index in [2.05, 4.69) is 5.32 Å². The predicted molar refractivity (Wildman–Crippen MR) is 60.8 cm³/mol. The average molecular weight is 221 g/mol. The van der Waals surface area contributed by atoms with Crippen molar-refractivity contribution in [1.29, 1.82) is 0 Å². The molecule has 16 heavy (non-hydrogen) atoms. The van der Waals surface area contributed by atoms with Crippen LogP contribution >= 0.6 is 0 Å². The third kappa shape index (κ3) is 2.10. The molecular weight excluding hydrogens is 206 g/mol. The Morgan fingerprint density at radius 3 is 2.50 bits per heavy atom. The fraction of sp³-hybridized carbons (Fsp3) is 0.417. The first-order valence-electron chi connectivity index (χ1n) is 5.34. The Morgan fingerprint density at radius 2 is 2.06 bits per heavy atom. The molecule has 2 N–H and O–H groups in total. The molecule has 1 aliphatic carbocycles. The number of anilines is 1. The van der Waals surface area contributed by atoms with Crippen LogP contribution in [0.15, 0.2) is 24.3 Å². The summed E-state index contributed by atoms with van der Waals surface area (Å²) in [5.74, 6) is -0.159. The maximum Gasteiger partial charge on any atom is 0.308 e. The fourth-order valence-corrected chi connectivity index (χ4v) is 1.87. The van der Waals surface area contributed by atoms with Crippen LogP contribution in [0.3, 0.4) is 0 Å². The van der Waals surface area contributed by atoms with Crippen molar-refractivity contribution in [2.45, 2.75) is 18.9 Å². The van der Waals surface area contributed by atoms with E-state index < -0.39 is 5.97 Å². The van der Waals surface area contributed by atoms with Gasteiger partial charge < -0.3 is 15.2 Å². The van der Waals surface area contributed by atoms with Gasteiger partial charge in [0.05, 0.1) is 13.0 Å². The third-order valence-corrected chi connectivity index (χ3v) is 3.03. The molecule has 1 aromatic rings. The van der Waals surface area contributed by atoms with Crippen LogP contribution in [0, 0.1) is 5.92 Å². The van der Waals surface area contributed by atoms with E-state index in [0.717, 1.165) is 24.3 Å². The van der Waals surface area contributed by atoms with Crippen LogP contribution < -0.4 is 10.1 Å². The number of benzene rings is 1. The first-order chi connectivity index (χ1) is 7.70. The lowest BCUT2D eigenvalue weighted by Crippen LogP contribution is -2.42. The number of hydrogen-bond acceptors (Lipinski definition) is 3. The highest BCUT2D eigenvalue weighted by molar-refractivity contribution is 5.73. The number of carbonyl (C=O) groups is 1. The molecule has 4 nitrogen and oxygen atoms in total. The fourth-order valence-electron chi connectivity index (χ4n) is 1.87. The summed E-state index contributed by atoms with van der Waals surface area (Å²) in [5.41, 5.74) is 0.941. The number of ether oxygens (including phenoxy) is 1. The zero-order chi connectivity index (χ0) is 11.5. The lowest BCUT2D eigenvalue weighted by molar-refractivity contribution is -0.144. The molecule has 2 unspecified atom stereocenters. The van der Waals surface area contributed by atoms with Crippen LogP contribution in [0.5, 0.6) is 5.75 Å². The van der Waals surface area contributed by atoms with E-state index in [9.17, 15) is 4.79 Å². The monoisotopic (exact) mass is 221 g/mol. The molecule has 4 heteroatoms. The summed E-state index contributed by atoms with van der Waals surface area (Å²) in [5, 5.41) is 12.1. The molecule has 0 saturated heterocycles. The van der Waals surface area contributed by atoms with Gasteiger partial charge in [-0.2, -0.15) is 0 Å². The van der Waals surface area contributed by atoms with Gasteiger partial charge >= 0.3 is 5.97 Å². The number of hydrogen-bond donors (Lipinski definition) is 2. The van der Waals surface area contributed by atoms with Crippen LogP contribution in [0.4, 0.5) is 5.69 Å². The van der Waals surface area contributed by atoms with Crippen molar-refractivity contribution in [2.24, 2.45) is 5.92 Å². The Labute approximate surface area is 94.2 Å². The molecule has 1 aromatic carbocycles. The summed E-state index contributed by atoms with van der Waals surface area (Å²) in [6.45, 7) is 0. The van der Waals surface area contributed by atoms with E-state index >= 15 is 0 Å². The standard InChI is InChI=1S/C12H15NO3/c1-16-9-4-2-8(3-5-9)13-11-7-6-10(11)12(14)15/h2-5,10-11,13H,6-7H2,1H3,(H,14,15). The maximum absolute atomic E-state index is 10.8. The summed E-state index contributed by atoms with van der Waals surface area (Å²) < 4.78 is 5.05. The Hall–Kier alpha value is -1.71. The Balaban J connectivity index is 1.96. The van der Waals surface area contributed by atoms with E-state index in [0.29, 0.717) is 0 Å². The van der Waals surface area contributed by atoms with Crippen LogP contribution in [0.25, 0.3) is 0 Å². The first kappa shape index (κ1) is 10.8. The third-order valence-electron chi connectivity index (χ3n) is 3.03.